The number of benzene rings is 2. The third-order valence-corrected chi connectivity index (χ3v) is 7.35. The van der Waals surface area contributed by atoms with Gasteiger partial charge in [0, 0.05) is 24.7 Å². The predicted molar refractivity (Wildman–Crippen MR) is 105 cm³/mol. The van der Waals surface area contributed by atoms with E-state index >= 15 is 0 Å². The summed E-state index contributed by atoms with van der Waals surface area (Å²) in [5, 5.41) is 0. The first-order valence-corrected chi connectivity index (χ1v) is 10.9. The number of amides is 1. The van der Waals surface area contributed by atoms with Gasteiger partial charge in [0.25, 0.3) is 15.9 Å². The van der Waals surface area contributed by atoms with Crippen LogP contribution in [0, 0.1) is 0 Å². The van der Waals surface area contributed by atoms with Gasteiger partial charge in [0.05, 0.1) is 10.6 Å². The highest BCUT2D eigenvalue weighted by molar-refractivity contribution is 7.92. The van der Waals surface area contributed by atoms with Crippen molar-refractivity contribution in [3.8, 4) is 0 Å². The van der Waals surface area contributed by atoms with Crippen molar-refractivity contribution < 1.29 is 13.2 Å². The molecule has 0 saturated carbocycles. The molecule has 4 rings (SSSR count). The van der Waals surface area contributed by atoms with Crippen LogP contribution in [0.1, 0.15) is 42.1 Å². The minimum atomic E-state index is -3.73. The summed E-state index contributed by atoms with van der Waals surface area (Å²) in [5.74, 6) is -0.0818. The Balaban J connectivity index is 1.68. The molecule has 1 fully saturated rings. The molecule has 2 aromatic carbocycles. The highest BCUT2D eigenvalue weighted by Gasteiger charge is 2.36. The van der Waals surface area contributed by atoms with Gasteiger partial charge in [-0.25, -0.2) is 8.42 Å². The van der Waals surface area contributed by atoms with Crippen molar-refractivity contribution in [2.24, 2.45) is 0 Å². The van der Waals surface area contributed by atoms with Crippen LogP contribution in [-0.4, -0.2) is 38.4 Å². The first-order chi connectivity index (χ1) is 13.0. The van der Waals surface area contributed by atoms with E-state index in [2.05, 4.69) is 0 Å². The van der Waals surface area contributed by atoms with Gasteiger partial charge in [-0.2, -0.15) is 0 Å². The lowest BCUT2D eigenvalue weighted by Gasteiger charge is -2.27. The first kappa shape index (κ1) is 18.0. The Morgan fingerprint density at radius 1 is 1.00 bits per heavy atom. The van der Waals surface area contributed by atoms with Gasteiger partial charge in [-0.05, 0) is 62.4 Å². The molecule has 0 aliphatic carbocycles. The van der Waals surface area contributed by atoms with Gasteiger partial charge in [-0.1, -0.05) is 24.3 Å². The number of likely N-dealkylation sites (tertiary alicyclic amines) is 1. The molecule has 0 aromatic heterocycles. The zero-order chi connectivity index (χ0) is 19.0. The summed E-state index contributed by atoms with van der Waals surface area (Å²) in [6.45, 7) is 3.40. The number of piperidine rings is 1. The maximum atomic E-state index is 13.4. The maximum Gasteiger partial charge on any atom is 0.264 e. The standard InChI is InChI=1S/C21H24N2O3S/c1-16-14-17-8-3-4-11-20(17)23(16)27(25,26)19-10-7-9-18(15-19)21(24)22-12-5-2-6-13-22/h3-4,7-11,15-16H,2,5-6,12-14H2,1H3/t16-/m0/s1. The number of sulfonamides is 1. The summed E-state index contributed by atoms with van der Waals surface area (Å²) in [6, 6.07) is 13.9. The number of hydrogen-bond donors (Lipinski definition) is 0. The van der Waals surface area contributed by atoms with Gasteiger partial charge in [-0.15, -0.1) is 0 Å². The van der Waals surface area contributed by atoms with Crippen LogP contribution in [0.5, 0.6) is 0 Å². The zero-order valence-electron chi connectivity index (χ0n) is 15.5. The second-order valence-electron chi connectivity index (χ2n) is 7.36. The number of fused-ring (bicyclic) bond motifs is 1. The average Bonchev–Trinajstić information content (AvgIpc) is 3.04. The van der Waals surface area contributed by atoms with Crippen molar-refractivity contribution in [2.75, 3.05) is 17.4 Å². The van der Waals surface area contributed by atoms with Crippen LogP contribution in [-0.2, 0) is 16.4 Å². The highest BCUT2D eigenvalue weighted by Crippen LogP contribution is 2.36. The van der Waals surface area contributed by atoms with Gasteiger partial charge in [0.2, 0.25) is 0 Å². The molecule has 27 heavy (non-hydrogen) atoms. The van der Waals surface area contributed by atoms with E-state index in [0.717, 1.165) is 43.6 Å². The molecule has 5 nitrogen and oxygen atoms in total. The molecule has 1 atom stereocenters. The minimum absolute atomic E-state index is 0.0818. The Hall–Kier alpha value is -2.34. The van der Waals surface area contributed by atoms with Crippen molar-refractivity contribution in [3.63, 3.8) is 0 Å². The molecule has 6 heteroatoms. The Labute approximate surface area is 160 Å². The number of carbonyl (C=O) groups is 1. The van der Waals surface area contributed by atoms with Crippen LogP contribution >= 0.6 is 0 Å². The summed E-state index contributed by atoms with van der Waals surface area (Å²) in [5.41, 5.74) is 2.21. The Morgan fingerprint density at radius 3 is 2.52 bits per heavy atom. The third-order valence-electron chi connectivity index (χ3n) is 5.43. The average molecular weight is 385 g/mol. The number of hydrogen-bond acceptors (Lipinski definition) is 3. The predicted octanol–water partition coefficient (Wildman–Crippen LogP) is 3.45. The fourth-order valence-corrected chi connectivity index (χ4v) is 5.83. The molecule has 1 saturated heterocycles. The van der Waals surface area contributed by atoms with Crippen molar-refractivity contribution in [2.45, 2.75) is 43.5 Å². The minimum Gasteiger partial charge on any atom is -0.339 e. The van der Waals surface area contributed by atoms with Crippen molar-refractivity contribution in [1.82, 2.24) is 4.90 Å². The summed E-state index contributed by atoms with van der Waals surface area (Å²) in [6.07, 6.45) is 3.85. The van der Waals surface area contributed by atoms with Gasteiger partial charge in [0.1, 0.15) is 0 Å². The van der Waals surface area contributed by atoms with Crippen molar-refractivity contribution in [1.29, 1.82) is 0 Å². The first-order valence-electron chi connectivity index (χ1n) is 9.50. The molecule has 0 bridgehead atoms. The number of nitrogens with zero attached hydrogens (tertiary/aromatic N) is 2. The molecule has 0 unspecified atom stereocenters. The summed E-state index contributed by atoms with van der Waals surface area (Å²) in [4.78, 5) is 14.8. The second kappa shape index (κ2) is 7.00. The van der Waals surface area contributed by atoms with Crippen LogP contribution in [0.3, 0.4) is 0 Å². The number of para-hydroxylation sites is 1. The van der Waals surface area contributed by atoms with E-state index in [-0.39, 0.29) is 16.8 Å². The molecule has 2 aromatic rings. The molecule has 2 aliphatic heterocycles. The highest BCUT2D eigenvalue weighted by atomic mass is 32.2. The van der Waals surface area contributed by atoms with E-state index in [0.29, 0.717) is 12.0 Å². The van der Waals surface area contributed by atoms with Crippen LogP contribution in [0.2, 0.25) is 0 Å². The largest absolute Gasteiger partial charge is 0.339 e. The summed E-state index contributed by atoms with van der Waals surface area (Å²) >= 11 is 0. The molecule has 142 valence electrons. The molecule has 0 radical (unpaired) electrons. The Morgan fingerprint density at radius 2 is 1.74 bits per heavy atom. The fraction of sp³-hybridized carbons (Fsp3) is 0.381. The number of carbonyl (C=O) groups excluding carboxylic acids is 1. The van der Waals surface area contributed by atoms with E-state index in [4.69, 9.17) is 0 Å². The normalized spacial score (nSPS) is 19.8. The van der Waals surface area contributed by atoms with Gasteiger partial charge >= 0.3 is 0 Å². The van der Waals surface area contributed by atoms with E-state index < -0.39 is 10.0 Å². The molecule has 0 N–H and O–H groups in total. The van der Waals surface area contributed by atoms with E-state index in [9.17, 15) is 13.2 Å². The second-order valence-corrected chi connectivity index (χ2v) is 9.18. The number of rotatable bonds is 3. The maximum absolute atomic E-state index is 13.4. The quantitative estimate of drug-likeness (QED) is 0.814. The smallest absolute Gasteiger partial charge is 0.264 e. The lowest BCUT2D eigenvalue weighted by molar-refractivity contribution is 0.0724. The zero-order valence-corrected chi connectivity index (χ0v) is 16.3. The van der Waals surface area contributed by atoms with Gasteiger partial charge < -0.3 is 4.90 Å². The Bertz CT molecular complexity index is 965. The van der Waals surface area contributed by atoms with Crippen LogP contribution in [0.4, 0.5) is 5.69 Å². The topological polar surface area (TPSA) is 57.7 Å². The molecule has 0 spiro atoms. The van der Waals surface area contributed by atoms with Crippen molar-refractivity contribution >= 4 is 21.6 Å². The lowest BCUT2D eigenvalue weighted by atomic mass is 10.1. The fourth-order valence-electron chi connectivity index (χ4n) is 4.09. The summed E-state index contributed by atoms with van der Waals surface area (Å²) in [7, 11) is -3.73. The number of anilines is 1. The SMILES string of the molecule is C[C@H]1Cc2ccccc2N1S(=O)(=O)c1cccc(C(=O)N2CCCCC2)c1. The van der Waals surface area contributed by atoms with E-state index in [1.807, 2.05) is 36.1 Å². The molecular weight excluding hydrogens is 360 g/mol. The Kier molecular flexibility index (Phi) is 4.68. The monoisotopic (exact) mass is 384 g/mol. The molecule has 1 amide bonds. The third kappa shape index (κ3) is 3.23. The van der Waals surface area contributed by atoms with Gasteiger partial charge in [0.15, 0.2) is 0 Å². The van der Waals surface area contributed by atoms with Crippen molar-refractivity contribution in [3.05, 3.63) is 59.7 Å². The van der Waals surface area contributed by atoms with Crippen LogP contribution < -0.4 is 4.31 Å². The van der Waals surface area contributed by atoms with Crippen LogP contribution in [0.25, 0.3) is 0 Å². The molecule has 2 heterocycles. The van der Waals surface area contributed by atoms with E-state index in [1.165, 1.54) is 10.4 Å². The lowest BCUT2D eigenvalue weighted by Crippen LogP contribution is -2.37. The van der Waals surface area contributed by atoms with E-state index in [1.54, 1.807) is 18.2 Å². The van der Waals surface area contributed by atoms with Crippen LogP contribution in [0.15, 0.2) is 53.4 Å². The van der Waals surface area contributed by atoms with Gasteiger partial charge in [-0.3, -0.25) is 9.10 Å². The summed E-state index contributed by atoms with van der Waals surface area (Å²) < 4.78 is 28.2. The molecular formula is C21H24N2O3S. The molecule has 2 aliphatic rings.